The highest BCUT2D eigenvalue weighted by Crippen LogP contribution is 2.45. The molecule has 0 aliphatic heterocycles. The molecule has 0 spiro atoms. The summed E-state index contributed by atoms with van der Waals surface area (Å²) in [6, 6.07) is 12.5. The van der Waals surface area contributed by atoms with Gasteiger partial charge in [0.05, 0.1) is 37.0 Å². The van der Waals surface area contributed by atoms with E-state index in [1.165, 1.54) is 0 Å². The number of hydrogen-bond donors (Lipinski definition) is 2. The summed E-state index contributed by atoms with van der Waals surface area (Å²) in [6.07, 6.45) is 6.50. The summed E-state index contributed by atoms with van der Waals surface area (Å²) < 4.78 is 23.1. The quantitative estimate of drug-likeness (QED) is 0.214. The number of nitrogens with one attached hydrogen (secondary N) is 2. The van der Waals surface area contributed by atoms with E-state index in [0.717, 1.165) is 64.6 Å². The van der Waals surface area contributed by atoms with E-state index in [0.29, 0.717) is 37.9 Å². The predicted molar refractivity (Wildman–Crippen MR) is 145 cm³/mol. The second-order valence-electron chi connectivity index (χ2n) is 8.67. The average Bonchev–Trinajstić information content (AvgIpc) is 3.60. The molecule has 0 saturated carbocycles. The molecule has 0 aliphatic carbocycles. The van der Waals surface area contributed by atoms with E-state index in [2.05, 4.69) is 70.2 Å². The Labute approximate surface area is 218 Å². The number of benzene rings is 2. The Hall–Kier alpha value is -3.62. The van der Waals surface area contributed by atoms with Gasteiger partial charge in [0.15, 0.2) is 11.5 Å². The number of aromatic amines is 2. The summed E-state index contributed by atoms with van der Waals surface area (Å²) >= 11 is 0. The molecule has 2 heterocycles. The lowest BCUT2D eigenvalue weighted by atomic mass is 9.98. The summed E-state index contributed by atoms with van der Waals surface area (Å²) in [5, 5.41) is 0. The lowest BCUT2D eigenvalue weighted by Gasteiger charge is -2.19. The highest BCUT2D eigenvalue weighted by molar-refractivity contribution is 5.82. The van der Waals surface area contributed by atoms with Gasteiger partial charge in [0.25, 0.3) is 0 Å². The molecule has 0 saturated heterocycles. The number of aromatic nitrogens is 4. The first-order valence-electron chi connectivity index (χ1n) is 12.8. The van der Waals surface area contributed by atoms with Crippen LogP contribution in [0.2, 0.25) is 0 Å². The van der Waals surface area contributed by atoms with Gasteiger partial charge in [-0.1, -0.05) is 38.1 Å². The third kappa shape index (κ3) is 6.39. The minimum absolute atomic E-state index is 0.391. The fourth-order valence-corrected chi connectivity index (χ4v) is 4.12. The van der Waals surface area contributed by atoms with Crippen molar-refractivity contribution in [3.63, 3.8) is 0 Å². The van der Waals surface area contributed by atoms with Crippen molar-refractivity contribution in [2.45, 2.75) is 33.1 Å². The molecule has 0 amide bonds. The lowest BCUT2D eigenvalue weighted by molar-refractivity contribution is 0.133. The predicted octanol–water partition coefficient (Wildman–Crippen LogP) is 5.70. The van der Waals surface area contributed by atoms with Crippen molar-refractivity contribution >= 4 is 0 Å². The average molecular weight is 505 g/mol. The summed E-state index contributed by atoms with van der Waals surface area (Å²) in [4.78, 5) is 15.8. The second-order valence-corrected chi connectivity index (χ2v) is 8.67. The summed E-state index contributed by atoms with van der Waals surface area (Å²) in [6.45, 7) is 5.93. The number of aryl methyl sites for hydroxylation is 2. The van der Waals surface area contributed by atoms with Crippen molar-refractivity contribution in [3.8, 4) is 45.1 Å². The molecular formula is C29H36N4O4. The van der Waals surface area contributed by atoms with Crippen molar-refractivity contribution in [2.75, 3.05) is 40.6 Å². The van der Waals surface area contributed by atoms with Gasteiger partial charge in [0, 0.05) is 38.2 Å². The van der Waals surface area contributed by atoms with Crippen LogP contribution >= 0.6 is 0 Å². The maximum absolute atomic E-state index is 6.30. The fourth-order valence-electron chi connectivity index (χ4n) is 4.12. The Bertz CT molecular complexity index is 1260. The first kappa shape index (κ1) is 26.4. The van der Waals surface area contributed by atoms with E-state index in [1.807, 2.05) is 12.4 Å². The normalized spacial score (nSPS) is 11.1. The van der Waals surface area contributed by atoms with E-state index in [9.17, 15) is 0 Å². The number of ether oxygens (including phenoxy) is 4. The number of rotatable bonds is 14. The lowest BCUT2D eigenvalue weighted by Crippen LogP contribution is -2.10. The van der Waals surface area contributed by atoms with Gasteiger partial charge in [-0.05, 0) is 29.7 Å². The van der Waals surface area contributed by atoms with Crippen LogP contribution in [-0.2, 0) is 22.3 Å². The molecular weight excluding hydrogens is 468 g/mol. The third-order valence-electron chi connectivity index (χ3n) is 6.06. The van der Waals surface area contributed by atoms with Crippen LogP contribution in [0.25, 0.3) is 33.6 Å². The van der Waals surface area contributed by atoms with E-state index < -0.39 is 0 Å². The van der Waals surface area contributed by atoms with Gasteiger partial charge >= 0.3 is 0 Å². The van der Waals surface area contributed by atoms with Gasteiger partial charge in [-0.3, -0.25) is 0 Å². The van der Waals surface area contributed by atoms with Crippen molar-refractivity contribution in [1.82, 2.24) is 19.9 Å². The van der Waals surface area contributed by atoms with Crippen LogP contribution in [-0.4, -0.2) is 60.6 Å². The Morgan fingerprint density at radius 1 is 0.649 bits per heavy atom. The molecule has 0 atom stereocenters. The van der Waals surface area contributed by atoms with Crippen molar-refractivity contribution in [1.29, 1.82) is 0 Å². The first-order valence-corrected chi connectivity index (χ1v) is 12.8. The zero-order valence-electron chi connectivity index (χ0n) is 22.1. The smallest absolute Gasteiger partial charge is 0.171 e. The molecule has 8 nitrogen and oxygen atoms in total. The Morgan fingerprint density at radius 2 is 1.22 bits per heavy atom. The van der Waals surface area contributed by atoms with Gasteiger partial charge in [-0.2, -0.15) is 0 Å². The van der Waals surface area contributed by atoms with E-state index in [1.54, 1.807) is 14.2 Å². The van der Waals surface area contributed by atoms with Crippen LogP contribution in [0.1, 0.15) is 31.9 Å². The van der Waals surface area contributed by atoms with Gasteiger partial charge in [-0.15, -0.1) is 0 Å². The minimum Gasteiger partial charge on any atom is -0.487 e. The zero-order valence-corrected chi connectivity index (χ0v) is 22.1. The van der Waals surface area contributed by atoms with E-state index in [4.69, 9.17) is 18.9 Å². The highest BCUT2D eigenvalue weighted by atomic mass is 16.5. The van der Waals surface area contributed by atoms with Crippen molar-refractivity contribution in [2.24, 2.45) is 0 Å². The molecule has 0 aliphatic rings. The third-order valence-corrected chi connectivity index (χ3v) is 6.06. The first-order chi connectivity index (χ1) is 18.2. The van der Waals surface area contributed by atoms with Crippen LogP contribution in [0.3, 0.4) is 0 Å². The number of imidazole rings is 2. The molecule has 0 fully saturated rings. The van der Waals surface area contributed by atoms with Crippen LogP contribution in [0.5, 0.6) is 11.5 Å². The molecule has 2 aromatic carbocycles. The van der Waals surface area contributed by atoms with Gasteiger partial charge in [-0.25, -0.2) is 9.97 Å². The topological polar surface area (TPSA) is 94.3 Å². The number of methoxy groups -OCH3 is 2. The molecule has 2 N–H and O–H groups in total. The van der Waals surface area contributed by atoms with E-state index >= 15 is 0 Å². The highest BCUT2D eigenvalue weighted by Gasteiger charge is 2.21. The summed E-state index contributed by atoms with van der Waals surface area (Å²) in [5.74, 6) is 3.25. The van der Waals surface area contributed by atoms with Gasteiger partial charge in [0.1, 0.15) is 24.9 Å². The number of hydrogen-bond acceptors (Lipinski definition) is 6. The monoisotopic (exact) mass is 504 g/mol. The standard InChI is InChI=1S/C29H36N4O4/c1-5-7-27-31-19-25(33-27)23-13-12-22(28(36-16-14-34-3)29(23)37-17-15-35-4)20-8-10-21(11-9-20)24-18-30-26(6-2)32-24/h8-13,18-19H,5-7,14-17H2,1-4H3,(H,30,32)(H,31,33). The van der Waals surface area contributed by atoms with Crippen LogP contribution in [0.15, 0.2) is 48.8 Å². The molecule has 4 aromatic rings. The van der Waals surface area contributed by atoms with Crippen molar-refractivity contribution < 1.29 is 18.9 Å². The molecule has 8 heteroatoms. The zero-order chi connectivity index (χ0) is 26.0. The Kier molecular flexibility index (Phi) is 9.35. The summed E-state index contributed by atoms with van der Waals surface area (Å²) in [7, 11) is 3.32. The van der Waals surface area contributed by atoms with Gasteiger partial charge in [0.2, 0.25) is 0 Å². The maximum atomic E-state index is 6.30. The van der Waals surface area contributed by atoms with E-state index in [-0.39, 0.29) is 0 Å². The fraction of sp³-hybridized carbons (Fsp3) is 0.379. The number of H-pyrrole nitrogens is 2. The van der Waals surface area contributed by atoms with Crippen LogP contribution in [0.4, 0.5) is 0 Å². The Balaban J connectivity index is 1.76. The molecule has 4 rings (SSSR count). The molecule has 0 radical (unpaired) electrons. The summed E-state index contributed by atoms with van der Waals surface area (Å²) in [5.41, 5.74) is 5.81. The van der Waals surface area contributed by atoms with Gasteiger partial charge < -0.3 is 28.9 Å². The molecule has 196 valence electrons. The number of nitrogens with zero attached hydrogens (tertiary/aromatic N) is 2. The maximum Gasteiger partial charge on any atom is 0.171 e. The van der Waals surface area contributed by atoms with Crippen molar-refractivity contribution in [3.05, 3.63) is 60.4 Å². The minimum atomic E-state index is 0.391. The molecule has 0 bridgehead atoms. The molecule has 0 unspecified atom stereocenters. The molecule has 37 heavy (non-hydrogen) atoms. The second kappa shape index (κ2) is 13.1. The Morgan fingerprint density at radius 3 is 1.84 bits per heavy atom. The van der Waals surface area contributed by atoms with Crippen LogP contribution < -0.4 is 9.47 Å². The van der Waals surface area contributed by atoms with Crippen LogP contribution in [0, 0.1) is 0 Å². The SMILES string of the molecule is CCCc1ncc(-c2ccc(-c3ccc(-c4cnc(CC)[nH]4)cc3)c(OCCOC)c2OCCOC)[nH]1. The molecule has 2 aromatic heterocycles. The largest absolute Gasteiger partial charge is 0.487 e.